The highest BCUT2D eigenvalue weighted by Crippen LogP contribution is 2.28. The molecule has 0 fully saturated rings. The average Bonchev–Trinajstić information content (AvgIpc) is 2.63. The first-order chi connectivity index (χ1) is 8.90. The molecule has 0 saturated heterocycles. The van der Waals surface area contributed by atoms with Crippen LogP contribution in [-0.2, 0) is 22.4 Å². The van der Waals surface area contributed by atoms with Crippen LogP contribution in [0.5, 0.6) is 0 Å². The molecule has 0 aromatic heterocycles. The van der Waals surface area contributed by atoms with Gasteiger partial charge in [0.2, 0.25) is 11.8 Å². The number of nitrogens with two attached hydrogens (primary N) is 1. The second kappa shape index (κ2) is 5.01. The summed E-state index contributed by atoms with van der Waals surface area (Å²) in [4.78, 5) is 26.5. The molecule has 1 unspecified atom stereocenters. The van der Waals surface area contributed by atoms with Crippen molar-refractivity contribution in [3.8, 4) is 0 Å². The molecule has 19 heavy (non-hydrogen) atoms. The monoisotopic (exact) mass is 261 g/mol. The van der Waals surface area contributed by atoms with Gasteiger partial charge in [-0.2, -0.15) is 0 Å². The van der Waals surface area contributed by atoms with Crippen LogP contribution < -0.4 is 10.6 Å². The summed E-state index contributed by atoms with van der Waals surface area (Å²) in [5.74, 6) is 0.00880. The third-order valence-corrected chi connectivity index (χ3v) is 3.43. The van der Waals surface area contributed by atoms with Crippen LogP contribution in [0.25, 0.3) is 0 Å². The van der Waals surface area contributed by atoms with E-state index < -0.39 is 6.04 Å². The normalized spacial score (nSPS) is 15.4. The van der Waals surface area contributed by atoms with Gasteiger partial charge in [-0.3, -0.25) is 9.59 Å². The Kier molecular flexibility index (Phi) is 3.57. The third kappa shape index (κ3) is 2.61. The second-order valence-electron chi connectivity index (χ2n) is 5.14. The highest BCUT2D eigenvalue weighted by Gasteiger charge is 2.24. The number of carbonyl (C=O) groups is 2. The molecule has 1 aliphatic rings. The van der Waals surface area contributed by atoms with Gasteiger partial charge in [0.1, 0.15) is 0 Å². The van der Waals surface area contributed by atoms with Crippen LogP contribution in [0.2, 0.25) is 0 Å². The van der Waals surface area contributed by atoms with Gasteiger partial charge in [0.15, 0.2) is 0 Å². The summed E-state index contributed by atoms with van der Waals surface area (Å²) >= 11 is 0. The average molecular weight is 261 g/mol. The summed E-state index contributed by atoms with van der Waals surface area (Å²) in [6.45, 7) is 0. The third-order valence-electron chi connectivity index (χ3n) is 3.43. The van der Waals surface area contributed by atoms with Crippen LogP contribution in [0.3, 0.4) is 0 Å². The molecule has 2 rings (SSSR count). The van der Waals surface area contributed by atoms with Crippen molar-refractivity contribution in [1.29, 1.82) is 0 Å². The molecule has 102 valence electrons. The number of nitrogens with zero attached hydrogens (tertiary/aromatic N) is 2. The van der Waals surface area contributed by atoms with Gasteiger partial charge in [0, 0.05) is 26.8 Å². The molecular formula is C14H19N3O2. The number of fused-ring (bicyclic) bond motifs is 1. The minimum absolute atomic E-state index is 0.0892. The van der Waals surface area contributed by atoms with Crippen molar-refractivity contribution in [3.63, 3.8) is 0 Å². The Bertz CT molecular complexity index is 525. The van der Waals surface area contributed by atoms with E-state index in [0.29, 0.717) is 12.8 Å². The molecular weight excluding hydrogens is 242 g/mol. The predicted molar refractivity (Wildman–Crippen MR) is 73.9 cm³/mol. The Morgan fingerprint density at radius 2 is 2.16 bits per heavy atom. The van der Waals surface area contributed by atoms with E-state index >= 15 is 0 Å². The fourth-order valence-corrected chi connectivity index (χ4v) is 2.32. The van der Waals surface area contributed by atoms with Crippen LogP contribution in [0, 0.1) is 0 Å². The number of carbonyl (C=O) groups excluding carboxylic acids is 2. The number of benzene rings is 1. The number of anilines is 1. The first-order valence-corrected chi connectivity index (χ1v) is 6.25. The second-order valence-corrected chi connectivity index (χ2v) is 5.14. The SMILES string of the molecule is CN(C)C(=O)C(N)Cc1ccc2c(c1)CC(=O)N2C. The van der Waals surface area contributed by atoms with Gasteiger partial charge >= 0.3 is 0 Å². The summed E-state index contributed by atoms with van der Waals surface area (Å²) in [7, 11) is 5.16. The predicted octanol–water partition coefficient (Wildman–Crippen LogP) is 0.164. The van der Waals surface area contributed by atoms with Gasteiger partial charge in [0.25, 0.3) is 0 Å². The maximum atomic E-state index is 11.7. The van der Waals surface area contributed by atoms with Gasteiger partial charge < -0.3 is 15.5 Å². The van der Waals surface area contributed by atoms with E-state index in [1.54, 1.807) is 26.0 Å². The molecule has 5 heteroatoms. The first kappa shape index (κ1) is 13.5. The highest BCUT2D eigenvalue weighted by atomic mass is 16.2. The standard InChI is InChI=1S/C14H19N3O2/c1-16(2)14(19)11(15)7-9-4-5-12-10(6-9)8-13(18)17(12)3/h4-6,11H,7-8,15H2,1-3H3. The van der Waals surface area contributed by atoms with E-state index in [0.717, 1.165) is 16.8 Å². The zero-order valence-electron chi connectivity index (χ0n) is 11.5. The largest absolute Gasteiger partial charge is 0.347 e. The van der Waals surface area contributed by atoms with Crippen LogP contribution in [0.4, 0.5) is 5.69 Å². The molecule has 0 bridgehead atoms. The molecule has 0 aliphatic carbocycles. The van der Waals surface area contributed by atoms with Gasteiger partial charge in [-0.25, -0.2) is 0 Å². The Labute approximate surface area is 113 Å². The molecule has 1 aliphatic heterocycles. The lowest BCUT2D eigenvalue weighted by atomic mass is 10.0. The number of hydrogen-bond acceptors (Lipinski definition) is 3. The molecule has 0 spiro atoms. The topological polar surface area (TPSA) is 66.6 Å². The Morgan fingerprint density at radius 3 is 2.79 bits per heavy atom. The van der Waals surface area contributed by atoms with E-state index in [9.17, 15) is 9.59 Å². The van der Waals surface area contributed by atoms with Crippen LogP contribution >= 0.6 is 0 Å². The van der Waals surface area contributed by atoms with E-state index in [1.165, 1.54) is 4.90 Å². The Morgan fingerprint density at radius 1 is 1.47 bits per heavy atom. The van der Waals surface area contributed by atoms with Crippen molar-refractivity contribution in [2.24, 2.45) is 5.73 Å². The minimum Gasteiger partial charge on any atom is -0.347 e. The zero-order chi connectivity index (χ0) is 14.2. The summed E-state index contributed by atoms with van der Waals surface area (Å²) < 4.78 is 0. The number of likely N-dealkylation sites (N-methyl/N-ethyl adjacent to an activating group) is 2. The van der Waals surface area contributed by atoms with Crippen molar-refractivity contribution < 1.29 is 9.59 Å². The summed E-state index contributed by atoms with van der Waals surface area (Å²) in [5, 5.41) is 0. The Balaban J connectivity index is 2.14. The number of amides is 2. The van der Waals surface area contributed by atoms with Gasteiger partial charge in [0.05, 0.1) is 12.5 Å². The van der Waals surface area contributed by atoms with Crippen molar-refractivity contribution in [3.05, 3.63) is 29.3 Å². The lowest BCUT2D eigenvalue weighted by Crippen LogP contribution is -2.41. The zero-order valence-corrected chi connectivity index (χ0v) is 11.5. The van der Waals surface area contributed by atoms with Gasteiger partial charge in [-0.15, -0.1) is 0 Å². The fourth-order valence-electron chi connectivity index (χ4n) is 2.32. The maximum absolute atomic E-state index is 11.7. The fraction of sp³-hybridized carbons (Fsp3) is 0.429. The van der Waals surface area contributed by atoms with Crippen LogP contribution in [-0.4, -0.2) is 43.9 Å². The van der Waals surface area contributed by atoms with Crippen molar-refractivity contribution in [1.82, 2.24) is 4.90 Å². The van der Waals surface area contributed by atoms with Crippen molar-refractivity contribution in [2.75, 3.05) is 26.0 Å². The van der Waals surface area contributed by atoms with E-state index in [1.807, 2.05) is 18.2 Å². The molecule has 5 nitrogen and oxygen atoms in total. The summed E-state index contributed by atoms with van der Waals surface area (Å²) in [5.41, 5.74) is 8.83. The van der Waals surface area contributed by atoms with Crippen molar-refractivity contribution in [2.45, 2.75) is 18.9 Å². The minimum atomic E-state index is -0.539. The molecule has 1 atom stereocenters. The molecule has 1 aromatic carbocycles. The quantitative estimate of drug-likeness (QED) is 0.843. The van der Waals surface area contributed by atoms with E-state index in [2.05, 4.69) is 0 Å². The Hall–Kier alpha value is -1.88. The van der Waals surface area contributed by atoms with Crippen LogP contribution in [0.15, 0.2) is 18.2 Å². The first-order valence-electron chi connectivity index (χ1n) is 6.25. The number of rotatable bonds is 3. The van der Waals surface area contributed by atoms with Crippen molar-refractivity contribution >= 4 is 17.5 Å². The van der Waals surface area contributed by atoms with E-state index in [-0.39, 0.29) is 11.8 Å². The smallest absolute Gasteiger partial charge is 0.239 e. The highest BCUT2D eigenvalue weighted by molar-refractivity contribution is 6.00. The van der Waals surface area contributed by atoms with Crippen LogP contribution in [0.1, 0.15) is 11.1 Å². The van der Waals surface area contributed by atoms with Gasteiger partial charge in [-0.05, 0) is 23.6 Å². The van der Waals surface area contributed by atoms with E-state index in [4.69, 9.17) is 5.73 Å². The lowest BCUT2D eigenvalue weighted by Gasteiger charge is -2.17. The lowest BCUT2D eigenvalue weighted by molar-refractivity contribution is -0.130. The summed E-state index contributed by atoms with van der Waals surface area (Å²) in [6.07, 6.45) is 0.915. The molecule has 1 heterocycles. The molecule has 0 saturated carbocycles. The summed E-state index contributed by atoms with van der Waals surface area (Å²) in [6, 6.07) is 5.28. The van der Waals surface area contributed by atoms with Gasteiger partial charge in [-0.1, -0.05) is 12.1 Å². The molecule has 1 aromatic rings. The number of hydrogen-bond donors (Lipinski definition) is 1. The molecule has 2 N–H and O–H groups in total. The molecule has 2 amide bonds. The molecule has 0 radical (unpaired) electrons. The maximum Gasteiger partial charge on any atom is 0.239 e.